The van der Waals surface area contributed by atoms with Crippen LogP contribution in [0, 0.1) is 0 Å². The summed E-state index contributed by atoms with van der Waals surface area (Å²) in [7, 11) is 2.17. The van der Waals surface area contributed by atoms with Gasteiger partial charge in [0.05, 0.1) is 0 Å². The van der Waals surface area contributed by atoms with E-state index in [2.05, 4.69) is 52.4 Å². The summed E-state index contributed by atoms with van der Waals surface area (Å²) in [5, 5.41) is 0.271. The number of rotatable bonds is 8. The third-order valence-corrected chi connectivity index (χ3v) is 8.38. The van der Waals surface area contributed by atoms with E-state index in [4.69, 9.17) is 9.16 Å². The Morgan fingerprint density at radius 2 is 1.89 bits per heavy atom. The van der Waals surface area contributed by atoms with Crippen LogP contribution in [0.5, 0.6) is 0 Å². The van der Waals surface area contributed by atoms with Crippen molar-refractivity contribution in [3.05, 3.63) is 12.7 Å². The first-order valence-electron chi connectivity index (χ1n) is 6.63. The topological polar surface area (TPSA) is 21.7 Å². The molecule has 0 saturated carbocycles. The maximum absolute atomic E-state index is 6.15. The second-order valence-corrected chi connectivity index (χ2v) is 11.1. The monoisotopic (exact) mass is 273 g/mol. The molecule has 0 rings (SSSR count). The summed E-state index contributed by atoms with van der Waals surface area (Å²) in [6, 6.07) is 0. The first-order valence-corrected chi connectivity index (χ1v) is 9.54. The lowest BCUT2D eigenvalue weighted by Gasteiger charge is -2.37. The van der Waals surface area contributed by atoms with Crippen LogP contribution in [0.2, 0.25) is 18.1 Å². The molecule has 3 nitrogen and oxygen atoms in total. The molecule has 0 aliphatic rings. The van der Waals surface area contributed by atoms with Gasteiger partial charge in [-0.1, -0.05) is 26.8 Å². The van der Waals surface area contributed by atoms with Crippen LogP contribution in [0.3, 0.4) is 0 Å². The fourth-order valence-corrected chi connectivity index (χ4v) is 2.44. The van der Waals surface area contributed by atoms with Crippen LogP contribution in [-0.4, -0.2) is 46.8 Å². The number of nitrogens with zero attached hydrogens (tertiary/aromatic N) is 1. The van der Waals surface area contributed by atoms with Gasteiger partial charge < -0.3 is 9.16 Å². The number of hydrogen-bond donors (Lipinski definition) is 0. The summed E-state index contributed by atoms with van der Waals surface area (Å²) in [4.78, 5) is 2.18. The van der Waals surface area contributed by atoms with Gasteiger partial charge in [-0.25, -0.2) is 0 Å². The van der Waals surface area contributed by atoms with Gasteiger partial charge in [0.2, 0.25) is 0 Å². The molecular formula is C14H31NO2Si. The normalized spacial score (nSPS) is 14.9. The van der Waals surface area contributed by atoms with Gasteiger partial charge in [-0.15, -0.1) is 6.58 Å². The van der Waals surface area contributed by atoms with E-state index in [1.807, 2.05) is 6.08 Å². The van der Waals surface area contributed by atoms with Crippen LogP contribution in [-0.2, 0) is 9.16 Å². The van der Waals surface area contributed by atoms with E-state index in [0.29, 0.717) is 0 Å². The Kier molecular flexibility index (Phi) is 7.36. The van der Waals surface area contributed by atoms with Gasteiger partial charge in [-0.2, -0.15) is 0 Å². The highest BCUT2D eigenvalue weighted by atomic mass is 28.4. The average Bonchev–Trinajstić information content (AvgIpc) is 2.23. The zero-order valence-electron chi connectivity index (χ0n) is 13.2. The number of methoxy groups -OCH3 is 1. The van der Waals surface area contributed by atoms with Gasteiger partial charge in [0, 0.05) is 26.7 Å². The van der Waals surface area contributed by atoms with E-state index in [1.54, 1.807) is 7.11 Å². The molecule has 0 aromatic carbocycles. The van der Waals surface area contributed by atoms with Crippen molar-refractivity contribution >= 4 is 8.32 Å². The third kappa shape index (κ3) is 5.65. The SMILES string of the molecule is C=CCC(OC)N(C)CCO[Si](C)(C)C(C)(C)C. The fraction of sp³-hybridized carbons (Fsp3) is 0.857. The molecule has 0 amide bonds. The number of ether oxygens (including phenoxy) is 1. The van der Waals surface area contributed by atoms with Gasteiger partial charge >= 0.3 is 0 Å². The lowest BCUT2D eigenvalue weighted by molar-refractivity contribution is -0.0205. The summed E-state index contributed by atoms with van der Waals surface area (Å²) in [5.74, 6) is 0. The van der Waals surface area contributed by atoms with Gasteiger partial charge in [-0.05, 0) is 25.2 Å². The molecule has 0 aromatic heterocycles. The molecule has 0 heterocycles. The van der Waals surface area contributed by atoms with Gasteiger partial charge in [-0.3, -0.25) is 4.90 Å². The average molecular weight is 273 g/mol. The Balaban J connectivity index is 4.14. The molecule has 1 atom stereocenters. The van der Waals surface area contributed by atoms with Crippen molar-refractivity contribution in [2.45, 2.75) is 51.6 Å². The molecule has 0 saturated heterocycles. The van der Waals surface area contributed by atoms with E-state index in [9.17, 15) is 0 Å². The standard InChI is InChI=1S/C14H31NO2Si/c1-9-10-13(16-6)15(5)11-12-17-18(7,8)14(2,3)4/h9,13H,1,10-12H2,2-8H3. The predicted octanol–water partition coefficient (Wildman–Crippen LogP) is 3.49. The minimum Gasteiger partial charge on any atom is -0.416 e. The summed E-state index contributed by atoms with van der Waals surface area (Å²) in [6.07, 6.45) is 2.83. The molecule has 4 heteroatoms. The first-order chi connectivity index (χ1) is 8.15. The maximum atomic E-state index is 6.15. The van der Waals surface area contributed by atoms with E-state index in [1.165, 1.54) is 0 Å². The molecule has 0 radical (unpaired) electrons. The molecule has 1 unspecified atom stereocenters. The zero-order valence-corrected chi connectivity index (χ0v) is 14.2. The van der Waals surface area contributed by atoms with Crippen molar-refractivity contribution in [3.8, 4) is 0 Å². The van der Waals surface area contributed by atoms with Crippen LogP contribution in [0.15, 0.2) is 12.7 Å². The first kappa shape index (κ1) is 17.8. The highest BCUT2D eigenvalue weighted by molar-refractivity contribution is 6.74. The highest BCUT2D eigenvalue weighted by Crippen LogP contribution is 2.36. The smallest absolute Gasteiger partial charge is 0.192 e. The Bertz CT molecular complexity index is 249. The van der Waals surface area contributed by atoms with Crippen molar-refractivity contribution in [3.63, 3.8) is 0 Å². The molecule has 108 valence electrons. The Labute approximate surface area is 114 Å². The van der Waals surface area contributed by atoms with Crippen LogP contribution >= 0.6 is 0 Å². The molecule has 0 bridgehead atoms. The molecule has 0 spiro atoms. The van der Waals surface area contributed by atoms with E-state index in [-0.39, 0.29) is 11.3 Å². The van der Waals surface area contributed by atoms with Crippen LogP contribution < -0.4 is 0 Å². The van der Waals surface area contributed by atoms with E-state index >= 15 is 0 Å². The summed E-state index contributed by atoms with van der Waals surface area (Å²) in [5.41, 5.74) is 0. The predicted molar refractivity (Wildman–Crippen MR) is 81.4 cm³/mol. The lowest BCUT2D eigenvalue weighted by atomic mass is 10.2. The van der Waals surface area contributed by atoms with Crippen molar-refractivity contribution < 1.29 is 9.16 Å². The van der Waals surface area contributed by atoms with E-state index in [0.717, 1.165) is 19.6 Å². The number of hydrogen-bond acceptors (Lipinski definition) is 3. The van der Waals surface area contributed by atoms with Crippen LogP contribution in [0.4, 0.5) is 0 Å². The van der Waals surface area contributed by atoms with Crippen molar-refractivity contribution in [2.24, 2.45) is 0 Å². The minimum absolute atomic E-state index is 0.102. The largest absolute Gasteiger partial charge is 0.416 e. The summed E-state index contributed by atoms with van der Waals surface area (Å²) in [6.45, 7) is 16.8. The van der Waals surface area contributed by atoms with Crippen LogP contribution in [0.25, 0.3) is 0 Å². The third-order valence-electron chi connectivity index (χ3n) is 3.85. The molecule has 0 fully saturated rings. The quantitative estimate of drug-likeness (QED) is 0.384. The van der Waals surface area contributed by atoms with Gasteiger partial charge in [0.1, 0.15) is 6.23 Å². The molecule has 0 aliphatic heterocycles. The van der Waals surface area contributed by atoms with Crippen molar-refractivity contribution in [2.75, 3.05) is 27.3 Å². The fourth-order valence-electron chi connectivity index (χ4n) is 1.40. The second-order valence-electron chi connectivity index (χ2n) is 6.30. The number of likely N-dealkylation sites (N-methyl/N-ethyl adjacent to an activating group) is 1. The Morgan fingerprint density at radius 1 is 1.33 bits per heavy atom. The zero-order chi connectivity index (χ0) is 14.4. The lowest BCUT2D eigenvalue weighted by Crippen LogP contribution is -2.43. The molecular weight excluding hydrogens is 242 g/mol. The second kappa shape index (κ2) is 7.43. The van der Waals surface area contributed by atoms with E-state index < -0.39 is 8.32 Å². The minimum atomic E-state index is -1.62. The molecule has 0 N–H and O–H groups in total. The summed E-state index contributed by atoms with van der Waals surface area (Å²) < 4.78 is 11.6. The highest BCUT2D eigenvalue weighted by Gasteiger charge is 2.36. The Morgan fingerprint density at radius 3 is 2.28 bits per heavy atom. The van der Waals surface area contributed by atoms with Crippen LogP contribution in [0.1, 0.15) is 27.2 Å². The molecule has 0 aliphatic carbocycles. The Hall–Kier alpha value is -0.163. The molecule has 18 heavy (non-hydrogen) atoms. The van der Waals surface area contributed by atoms with Gasteiger partial charge in [0.15, 0.2) is 8.32 Å². The van der Waals surface area contributed by atoms with Crippen molar-refractivity contribution in [1.82, 2.24) is 4.90 Å². The molecule has 0 aromatic rings. The van der Waals surface area contributed by atoms with Gasteiger partial charge in [0.25, 0.3) is 0 Å². The van der Waals surface area contributed by atoms with Crippen molar-refractivity contribution in [1.29, 1.82) is 0 Å². The maximum Gasteiger partial charge on any atom is 0.192 e. The summed E-state index contributed by atoms with van der Waals surface area (Å²) >= 11 is 0.